The number of aliphatic carboxylic acids is 1. The van der Waals surface area contributed by atoms with Gasteiger partial charge in [0.2, 0.25) is 0 Å². The van der Waals surface area contributed by atoms with Crippen LogP contribution in [0.4, 0.5) is 38.7 Å². The van der Waals surface area contributed by atoms with Crippen molar-refractivity contribution in [2.24, 2.45) is 0 Å². The van der Waals surface area contributed by atoms with E-state index in [0.29, 0.717) is 10.3 Å². The third kappa shape index (κ3) is 8.46. The minimum Gasteiger partial charge on any atom is -0.479 e. The van der Waals surface area contributed by atoms with Gasteiger partial charge in [-0.25, -0.2) is 19.4 Å². The number of nitrogens with zero attached hydrogens (tertiary/aromatic N) is 2. The number of ether oxygens (including phenoxy) is 3. The van der Waals surface area contributed by atoms with Gasteiger partial charge in [-0.15, -0.1) is 0 Å². The number of pyridine rings is 1. The number of carboxylic acid groups (broad SMARTS) is 1. The summed E-state index contributed by atoms with van der Waals surface area (Å²) in [4.78, 5) is 43.2. The molecule has 10 nitrogen and oxygen atoms in total. The van der Waals surface area contributed by atoms with Crippen LogP contribution in [-0.2, 0) is 14.3 Å². The fourth-order valence-electron chi connectivity index (χ4n) is 3.73. The van der Waals surface area contributed by atoms with Crippen molar-refractivity contribution in [3.05, 3.63) is 60.3 Å². The summed E-state index contributed by atoms with van der Waals surface area (Å²) in [6, 6.07) is 8.75. The van der Waals surface area contributed by atoms with Crippen LogP contribution in [0, 0.1) is 0 Å². The van der Waals surface area contributed by atoms with Crippen LogP contribution in [0.15, 0.2) is 54.7 Å². The molecule has 0 aliphatic heterocycles. The molecule has 1 atom stereocenters. The SMILES string of the molecule is CC(C)(C)OC(=O)N(C(=O)OC(C)(C)C)c1nccc2cc(NC(C(=O)O)c3ccccc3OC(F)(F)C(F)F)ccc12. The Kier molecular flexibility index (Phi) is 9.42. The largest absolute Gasteiger partial charge is 0.479 e. The normalized spacial score (nSPS) is 12.9. The van der Waals surface area contributed by atoms with Gasteiger partial charge in [0.15, 0.2) is 11.9 Å². The van der Waals surface area contributed by atoms with Gasteiger partial charge in [-0.2, -0.15) is 22.5 Å². The number of hydrogen-bond acceptors (Lipinski definition) is 8. The van der Waals surface area contributed by atoms with E-state index in [1.54, 1.807) is 41.5 Å². The first-order chi connectivity index (χ1) is 19.8. The van der Waals surface area contributed by atoms with Gasteiger partial charge in [0.1, 0.15) is 17.0 Å². The molecule has 0 radical (unpaired) electrons. The maximum Gasteiger partial charge on any atom is 0.461 e. The zero-order valence-electron chi connectivity index (χ0n) is 24.2. The molecular formula is C29H31F4N3O7. The highest BCUT2D eigenvalue weighted by molar-refractivity contribution is 6.14. The molecule has 232 valence electrons. The van der Waals surface area contributed by atoms with E-state index in [-0.39, 0.29) is 22.5 Å². The number of carbonyl (C=O) groups is 3. The number of rotatable bonds is 8. The first kappa shape index (κ1) is 32.9. The number of benzene rings is 2. The number of imide groups is 1. The lowest BCUT2D eigenvalue weighted by Crippen LogP contribution is -2.44. The van der Waals surface area contributed by atoms with Gasteiger partial charge in [0.25, 0.3) is 0 Å². The summed E-state index contributed by atoms with van der Waals surface area (Å²) in [6.07, 6.45) is -9.81. The lowest BCUT2D eigenvalue weighted by atomic mass is 10.0. The average molecular weight is 610 g/mol. The Morgan fingerprint density at radius 1 is 0.907 bits per heavy atom. The van der Waals surface area contributed by atoms with Gasteiger partial charge >= 0.3 is 30.7 Å². The van der Waals surface area contributed by atoms with Gasteiger partial charge in [-0.1, -0.05) is 18.2 Å². The van der Waals surface area contributed by atoms with Crippen molar-refractivity contribution in [2.75, 3.05) is 10.2 Å². The number of amides is 2. The summed E-state index contributed by atoms with van der Waals surface area (Å²) in [7, 11) is 0. The highest BCUT2D eigenvalue weighted by Crippen LogP contribution is 2.35. The molecule has 0 saturated heterocycles. The van der Waals surface area contributed by atoms with Crippen LogP contribution in [0.3, 0.4) is 0 Å². The molecule has 0 aliphatic rings. The molecule has 1 unspecified atom stereocenters. The third-order valence-electron chi connectivity index (χ3n) is 5.40. The molecule has 0 aliphatic carbocycles. The van der Waals surface area contributed by atoms with Crippen molar-refractivity contribution in [2.45, 2.75) is 71.3 Å². The predicted octanol–water partition coefficient (Wildman–Crippen LogP) is 7.39. The van der Waals surface area contributed by atoms with E-state index in [9.17, 15) is 37.1 Å². The van der Waals surface area contributed by atoms with E-state index < -0.39 is 53.7 Å². The predicted molar refractivity (Wildman–Crippen MR) is 149 cm³/mol. The number of aromatic nitrogens is 1. The first-order valence-electron chi connectivity index (χ1n) is 12.9. The summed E-state index contributed by atoms with van der Waals surface area (Å²) in [5, 5.41) is 13.2. The average Bonchev–Trinajstić information content (AvgIpc) is 2.85. The number of halogens is 4. The number of alkyl halides is 4. The molecule has 3 rings (SSSR count). The van der Waals surface area contributed by atoms with E-state index in [4.69, 9.17) is 9.47 Å². The maximum absolute atomic E-state index is 13.7. The first-order valence-corrected chi connectivity index (χ1v) is 12.9. The Hall–Kier alpha value is -4.62. The minimum atomic E-state index is -4.86. The molecule has 1 aromatic heterocycles. The lowest BCUT2D eigenvalue weighted by Gasteiger charge is -2.28. The molecule has 0 saturated carbocycles. The number of para-hydroxylation sites is 1. The van der Waals surface area contributed by atoms with Gasteiger partial charge < -0.3 is 24.6 Å². The maximum atomic E-state index is 13.7. The number of nitrogens with one attached hydrogen (secondary N) is 1. The molecule has 0 fully saturated rings. The number of hydrogen-bond donors (Lipinski definition) is 2. The van der Waals surface area contributed by atoms with Crippen molar-refractivity contribution in [3.63, 3.8) is 0 Å². The van der Waals surface area contributed by atoms with Crippen LogP contribution in [0.1, 0.15) is 53.1 Å². The minimum absolute atomic E-state index is 0.129. The molecule has 1 heterocycles. The highest BCUT2D eigenvalue weighted by Gasteiger charge is 2.45. The molecule has 2 amide bonds. The Morgan fingerprint density at radius 2 is 1.49 bits per heavy atom. The fraction of sp³-hybridized carbons (Fsp3) is 0.379. The summed E-state index contributed by atoms with van der Waals surface area (Å²) >= 11 is 0. The van der Waals surface area contributed by atoms with Gasteiger partial charge in [-0.3, -0.25) is 0 Å². The zero-order valence-corrected chi connectivity index (χ0v) is 24.2. The summed E-state index contributed by atoms with van der Waals surface area (Å²) in [5.74, 6) is -2.41. The lowest BCUT2D eigenvalue weighted by molar-refractivity contribution is -0.253. The summed E-state index contributed by atoms with van der Waals surface area (Å²) in [6.45, 7) is 9.69. The molecule has 2 N–H and O–H groups in total. The van der Waals surface area contributed by atoms with Gasteiger partial charge in [-0.05, 0) is 77.3 Å². The molecule has 14 heteroatoms. The van der Waals surface area contributed by atoms with E-state index in [1.165, 1.54) is 42.6 Å². The molecular weight excluding hydrogens is 578 g/mol. The van der Waals surface area contributed by atoms with Gasteiger partial charge in [0.05, 0.1) is 0 Å². The van der Waals surface area contributed by atoms with E-state index in [1.807, 2.05) is 0 Å². The van der Waals surface area contributed by atoms with Crippen LogP contribution in [0.5, 0.6) is 5.75 Å². The Bertz CT molecular complexity index is 1480. The monoisotopic (exact) mass is 609 g/mol. The fourth-order valence-corrected chi connectivity index (χ4v) is 3.73. The number of carbonyl (C=O) groups excluding carboxylic acids is 2. The Labute approximate surface area is 244 Å². The number of fused-ring (bicyclic) bond motifs is 1. The topological polar surface area (TPSA) is 127 Å². The number of carboxylic acids is 1. The highest BCUT2D eigenvalue weighted by atomic mass is 19.3. The third-order valence-corrected chi connectivity index (χ3v) is 5.40. The van der Waals surface area contributed by atoms with Crippen LogP contribution in [0.2, 0.25) is 0 Å². The van der Waals surface area contributed by atoms with Crippen molar-refractivity contribution in [3.8, 4) is 5.75 Å². The molecule has 0 bridgehead atoms. The summed E-state index contributed by atoms with van der Waals surface area (Å²) in [5.41, 5.74) is -2.12. The van der Waals surface area contributed by atoms with Crippen LogP contribution < -0.4 is 15.0 Å². The van der Waals surface area contributed by atoms with Crippen molar-refractivity contribution >= 4 is 40.4 Å². The van der Waals surface area contributed by atoms with Crippen LogP contribution >= 0.6 is 0 Å². The Morgan fingerprint density at radius 3 is 2.02 bits per heavy atom. The molecule has 3 aromatic rings. The van der Waals surface area contributed by atoms with E-state index >= 15 is 0 Å². The summed E-state index contributed by atoms with van der Waals surface area (Å²) < 4.78 is 67.9. The van der Waals surface area contributed by atoms with E-state index in [2.05, 4.69) is 15.0 Å². The standard InChI is InChI=1S/C29H31F4N3O7/c1-27(2,3)42-25(39)36(26(40)43-28(4,5)6)22-18-12-11-17(15-16(18)13-14-34-22)35-21(23(37)38)19-9-7-8-10-20(19)41-29(32,33)24(30)31/h7-15,21,24,35H,1-6H3,(H,37,38). The zero-order chi connectivity index (χ0) is 32.3. The van der Waals surface area contributed by atoms with Gasteiger partial charge in [0, 0.05) is 22.8 Å². The van der Waals surface area contributed by atoms with Crippen LogP contribution in [0.25, 0.3) is 10.8 Å². The quantitative estimate of drug-likeness (QED) is 0.251. The van der Waals surface area contributed by atoms with Crippen LogP contribution in [-0.4, -0.2) is 52.0 Å². The molecule has 2 aromatic carbocycles. The smallest absolute Gasteiger partial charge is 0.461 e. The second-order valence-corrected chi connectivity index (χ2v) is 11.3. The molecule has 0 spiro atoms. The van der Waals surface area contributed by atoms with E-state index in [0.717, 1.165) is 12.1 Å². The second kappa shape index (κ2) is 12.3. The second-order valence-electron chi connectivity index (χ2n) is 11.3. The number of anilines is 2. The van der Waals surface area contributed by atoms with Crippen molar-refractivity contribution in [1.29, 1.82) is 0 Å². The van der Waals surface area contributed by atoms with Crippen molar-refractivity contribution in [1.82, 2.24) is 4.98 Å². The Balaban J connectivity index is 2.04. The molecule has 43 heavy (non-hydrogen) atoms. The van der Waals surface area contributed by atoms with Crippen molar-refractivity contribution < 1.29 is 51.3 Å².